The van der Waals surface area contributed by atoms with Crippen molar-refractivity contribution in [3.63, 3.8) is 0 Å². The Labute approximate surface area is 109 Å². The monoisotopic (exact) mass is 301 g/mol. The van der Waals surface area contributed by atoms with Gasteiger partial charge < -0.3 is 10.1 Å². The summed E-state index contributed by atoms with van der Waals surface area (Å²) in [7, 11) is 1.26. The molecule has 1 aromatic rings. The summed E-state index contributed by atoms with van der Waals surface area (Å²) in [6.07, 6.45) is -11.4. The van der Waals surface area contributed by atoms with Crippen molar-refractivity contribution in [3.8, 4) is 5.75 Å². The van der Waals surface area contributed by atoms with Crippen molar-refractivity contribution in [2.24, 2.45) is 5.92 Å². The number of rotatable bonds is 3. The molecule has 0 atom stereocenters. The zero-order valence-electron chi connectivity index (χ0n) is 9.97. The predicted molar refractivity (Wildman–Crippen MR) is 57.2 cm³/mol. The fourth-order valence-corrected chi connectivity index (χ4v) is 1.40. The van der Waals surface area contributed by atoms with Crippen molar-refractivity contribution < 1.29 is 35.9 Å². The molecule has 0 saturated carbocycles. The summed E-state index contributed by atoms with van der Waals surface area (Å²) in [5, 5.41) is 1.57. The first-order chi connectivity index (χ1) is 9.05. The molecule has 0 radical (unpaired) electrons. The van der Waals surface area contributed by atoms with Gasteiger partial charge in [-0.2, -0.15) is 26.3 Å². The van der Waals surface area contributed by atoms with Crippen LogP contribution in [0.3, 0.4) is 0 Å². The van der Waals surface area contributed by atoms with Crippen molar-refractivity contribution >= 4 is 11.6 Å². The summed E-state index contributed by atoms with van der Waals surface area (Å²) in [4.78, 5) is 11.2. The van der Waals surface area contributed by atoms with Gasteiger partial charge in [0, 0.05) is 11.8 Å². The van der Waals surface area contributed by atoms with Gasteiger partial charge in [0.25, 0.3) is 0 Å². The van der Waals surface area contributed by atoms with E-state index in [0.29, 0.717) is 0 Å². The molecule has 112 valence electrons. The number of nitrogens with one attached hydrogen (secondary N) is 1. The van der Waals surface area contributed by atoms with Crippen molar-refractivity contribution in [2.75, 3.05) is 12.4 Å². The highest BCUT2D eigenvalue weighted by Gasteiger charge is 2.61. The molecule has 1 N–H and O–H groups in total. The fraction of sp³-hybridized carbons (Fsp3) is 0.364. The summed E-state index contributed by atoms with van der Waals surface area (Å²) < 4.78 is 78.6. The number of amides is 1. The maximum absolute atomic E-state index is 12.3. The van der Waals surface area contributed by atoms with Gasteiger partial charge in [-0.1, -0.05) is 6.07 Å². The van der Waals surface area contributed by atoms with Crippen LogP contribution >= 0.6 is 0 Å². The standard InChI is InChI=1S/C11H9F6NO2/c1-20-7-4-2-3-6(5-7)18-9(19)8(10(12,13)14)11(15,16)17/h2-5,8H,1H3,(H,18,19). The molecule has 1 aromatic carbocycles. The molecule has 1 amide bonds. The van der Waals surface area contributed by atoms with Crippen molar-refractivity contribution in [2.45, 2.75) is 12.4 Å². The molecule has 9 heteroatoms. The van der Waals surface area contributed by atoms with E-state index in [1.165, 1.54) is 19.2 Å². The zero-order valence-corrected chi connectivity index (χ0v) is 9.97. The molecule has 0 aliphatic carbocycles. The summed E-state index contributed by atoms with van der Waals surface area (Å²) in [5.74, 6) is -6.10. The number of hydrogen-bond acceptors (Lipinski definition) is 2. The lowest BCUT2D eigenvalue weighted by Gasteiger charge is -2.22. The second-order valence-electron chi connectivity index (χ2n) is 3.74. The quantitative estimate of drug-likeness (QED) is 0.869. The largest absolute Gasteiger partial charge is 0.497 e. The number of benzene rings is 1. The molecule has 0 saturated heterocycles. The van der Waals surface area contributed by atoms with Crippen LogP contribution in [0.5, 0.6) is 5.75 Å². The molecular formula is C11H9F6NO2. The molecule has 0 aliphatic rings. The SMILES string of the molecule is COc1cccc(NC(=O)C(C(F)(F)F)C(F)(F)F)c1. The molecule has 0 aliphatic heterocycles. The Morgan fingerprint density at radius 3 is 2.15 bits per heavy atom. The highest BCUT2D eigenvalue weighted by atomic mass is 19.4. The molecule has 1 rings (SSSR count). The topological polar surface area (TPSA) is 38.3 Å². The van der Waals surface area contributed by atoms with Gasteiger partial charge in [0.2, 0.25) is 11.8 Å². The summed E-state index contributed by atoms with van der Waals surface area (Å²) in [6.45, 7) is 0. The Kier molecular flexibility index (Phi) is 4.51. The Morgan fingerprint density at radius 1 is 1.15 bits per heavy atom. The number of halogens is 6. The van der Waals surface area contributed by atoms with E-state index in [-0.39, 0.29) is 11.4 Å². The second kappa shape index (κ2) is 5.59. The van der Waals surface area contributed by atoms with Gasteiger partial charge in [-0.3, -0.25) is 4.79 Å². The number of anilines is 1. The third kappa shape index (κ3) is 4.04. The van der Waals surface area contributed by atoms with Crippen molar-refractivity contribution in [1.29, 1.82) is 0 Å². The molecule has 0 bridgehead atoms. The van der Waals surface area contributed by atoms with Crippen molar-refractivity contribution in [3.05, 3.63) is 24.3 Å². The maximum Gasteiger partial charge on any atom is 0.409 e. The van der Waals surface area contributed by atoms with Crippen LogP contribution in [0.1, 0.15) is 0 Å². The van der Waals surface area contributed by atoms with Gasteiger partial charge >= 0.3 is 12.4 Å². The predicted octanol–water partition coefficient (Wildman–Crippen LogP) is 3.37. The van der Waals surface area contributed by atoms with Gasteiger partial charge in [0.05, 0.1) is 7.11 Å². The highest BCUT2D eigenvalue weighted by Crippen LogP contribution is 2.39. The molecule has 0 unspecified atom stereocenters. The summed E-state index contributed by atoms with van der Waals surface area (Å²) in [6, 6.07) is 4.97. The lowest BCUT2D eigenvalue weighted by molar-refractivity contribution is -0.272. The fourth-order valence-electron chi connectivity index (χ4n) is 1.40. The smallest absolute Gasteiger partial charge is 0.409 e. The Morgan fingerprint density at radius 2 is 1.70 bits per heavy atom. The minimum atomic E-state index is -5.72. The van der Waals surface area contributed by atoms with Crippen LogP contribution < -0.4 is 10.1 Å². The van der Waals surface area contributed by atoms with Crippen LogP contribution in [0, 0.1) is 5.92 Å². The third-order valence-electron chi connectivity index (χ3n) is 2.25. The van der Waals surface area contributed by atoms with E-state index in [9.17, 15) is 31.1 Å². The third-order valence-corrected chi connectivity index (χ3v) is 2.25. The first-order valence-electron chi connectivity index (χ1n) is 5.14. The van der Waals surface area contributed by atoms with Crippen LogP contribution in [0.15, 0.2) is 24.3 Å². The van der Waals surface area contributed by atoms with Crippen LogP contribution in [0.2, 0.25) is 0 Å². The lowest BCUT2D eigenvalue weighted by atomic mass is 10.1. The van der Waals surface area contributed by atoms with Gasteiger partial charge in [0.1, 0.15) is 5.75 Å². The number of carbonyl (C=O) groups excluding carboxylic acids is 1. The van der Waals surface area contributed by atoms with Crippen LogP contribution in [0.25, 0.3) is 0 Å². The lowest BCUT2D eigenvalue weighted by Crippen LogP contribution is -2.45. The molecule has 0 fully saturated rings. The van der Waals surface area contributed by atoms with Gasteiger partial charge in [0.15, 0.2) is 0 Å². The maximum atomic E-state index is 12.3. The van der Waals surface area contributed by atoms with Gasteiger partial charge in [-0.05, 0) is 12.1 Å². The van der Waals surface area contributed by atoms with E-state index in [4.69, 9.17) is 4.74 Å². The molecule has 3 nitrogen and oxygen atoms in total. The summed E-state index contributed by atoms with van der Waals surface area (Å²) >= 11 is 0. The number of methoxy groups -OCH3 is 1. The highest BCUT2D eigenvalue weighted by molar-refractivity contribution is 5.93. The average Bonchev–Trinajstić information content (AvgIpc) is 2.24. The average molecular weight is 301 g/mol. The number of carbonyl (C=O) groups is 1. The van der Waals surface area contributed by atoms with Crippen molar-refractivity contribution in [1.82, 2.24) is 0 Å². The second-order valence-corrected chi connectivity index (χ2v) is 3.74. The number of hydrogen-bond donors (Lipinski definition) is 1. The molecule has 20 heavy (non-hydrogen) atoms. The Bertz CT molecular complexity index is 469. The van der Waals surface area contributed by atoms with Crippen LogP contribution in [0.4, 0.5) is 32.0 Å². The van der Waals surface area contributed by atoms with Crippen LogP contribution in [-0.4, -0.2) is 25.4 Å². The van der Waals surface area contributed by atoms with Gasteiger partial charge in [-0.25, -0.2) is 0 Å². The van der Waals surface area contributed by atoms with E-state index >= 15 is 0 Å². The summed E-state index contributed by atoms with van der Waals surface area (Å²) in [5.41, 5.74) is -0.229. The molecule has 0 aromatic heterocycles. The molecule has 0 heterocycles. The minimum Gasteiger partial charge on any atom is -0.497 e. The number of ether oxygens (including phenoxy) is 1. The Hall–Kier alpha value is -1.93. The van der Waals surface area contributed by atoms with E-state index < -0.39 is 24.2 Å². The first-order valence-corrected chi connectivity index (χ1v) is 5.14. The van der Waals surface area contributed by atoms with E-state index in [1.807, 2.05) is 0 Å². The first kappa shape index (κ1) is 16.1. The normalized spacial score (nSPS) is 12.4. The van der Waals surface area contributed by atoms with Crippen LogP contribution in [-0.2, 0) is 4.79 Å². The van der Waals surface area contributed by atoms with E-state index in [2.05, 4.69) is 0 Å². The Balaban J connectivity index is 2.97. The van der Waals surface area contributed by atoms with E-state index in [1.54, 1.807) is 5.32 Å². The minimum absolute atomic E-state index is 0.179. The molecular weight excluding hydrogens is 292 g/mol. The zero-order chi connectivity index (χ0) is 15.6. The molecule has 0 spiro atoms. The number of alkyl halides is 6. The van der Waals surface area contributed by atoms with E-state index in [0.717, 1.165) is 12.1 Å². The van der Waals surface area contributed by atoms with Gasteiger partial charge in [-0.15, -0.1) is 0 Å².